The number of nitriles is 1. The molecule has 106 valence electrons. The number of nitrogens with one attached hydrogen (secondary N) is 1. The fourth-order valence-electron chi connectivity index (χ4n) is 2.38. The van der Waals surface area contributed by atoms with Gasteiger partial charge in [0.05, 0.1) is 18.2 Å². The summed E-state index contributed by atoms with van der Waals surface area (Å²) in [5.74, 6) is 0.858. The Hall–Kier alpha value is -1.86. The largest absolute Gasteiger partial charge is 0.351 e. The highest BCUT2D eigenvalue weighted by atomic mass is 16.2. The highest BCUT2D eigenvalue weighted by molar-refractivity contribution is 5.78. The van der Waals surface area contributed by atoms with Crippen molar-refractivity contribution in [3.8, 4) is 6.07 Å². The van der Waals surface area contributed by atoms with Crippen molar-refractivity contribution in [1.29, 1.82) is 5.26 Å². The number of carbonyl (C=O) groups excluding carboxylic acids is 1. The molecule has 0 radical (unpaired) electrons. The van der Waals surface area contributed by atoms with E-state index in [-0.39, 0.29) is 5.91 Å². The lowest BCUT2D eigenvalue weighted by atomic mass is 9.99. The van der Waals surface area contributed by atoms with E-state index >= 15 is 0 Å². The van der Waals surface area contributed by atoms with Gasteiger partial charge in [-0.1, -0.05) is 19.1 Å². The molecule has 1 N–H and O–H groups in total. The number of piperidine rings is 1. The maximum absolute atomic E-state index is 11.9. The first kappa shape index (κ1) is 14.5. The quantitative estimate of drug-likeness (QED) is 0.910. The minimum absolute atomic E-state index is 0.0731. The van der Waals surface area contributed by atoms with E-state index in [1.165, 1.54) is 12.8 Å². The van der Waals surface area contributed by atoms with E-state index in [0.29, 0.717) is 18.7 Å². The van der Waals surface area contributed by atoms with Gasteiger partial charge in [0.2, 0.25) is 5.91 Å². The fourth-order valence-corrected chi connectivity index (χ4v) is 2.38. The number of benzene rings is 1. The summed E-state index contributed by atoms with van der Waals surface area (Å²) >= 11 is 0. The van der Waals surface area contributed by atoms with Gasteiger partial charge in [0, 0.05) is 6.54 Å². The van der Waals surface area contributed by atoms with Crippen molar-refractivity contribution in [2.24, 2.45) is 5.92 Å². The molecule has 0 atom stereocenters. The van der Waals surface area contributed by atoms with E-state index in [4.69, 9.17) is 5.26 Å². The van der Waals surface area contributed by atoms with Crippen molar-refractivity contribution in [3.05, 3.63) is 35.4 Å². The van der Waals surface area contributed by atoms with Crippen LogP contribution in [0.25, 0.3) is 0 Å². The number of carbonyl (C=O) groups is 1. The van der Waals surface area contributed by atoms with Crippen LogP contribution in [-0.4, -0.2) is 30.4 Å². The van der Waals surface area contributed by atoms with E-state index in [9.17, 15) is 4.79 Å². The molecule has 1 aromatic carbocycles. The third-order valence-electron chi connectivity index (χ3n) is 3.82. The van der Waals surface area contributed by atoms with E-state index in [1.54, 1.807) is 12.1 Å². The fraction of sp³-hybridized carbons (Fsp3) is 0.500. The number of hydrogen-bond donors (Lipinski definition) is 1. The molecule has 0 spiro atoms. The first-order valence-electron chi connectivity index (χ1n) is 7.15. The maximum atomic E-state index is 11.9. The minimum Gasteiger partial charge on any atom is -0.351 e. The zero-order chi connectivity index (χ0) is 14.4. The first-order valence-corrected chi connectivity index (χ1v) is 7.15. The molecule has 4 heteroatoms. The van der Waals surface area contributed by atoms with Crippen LogP contribution in [0, 0.1) is 17.2 Å². The number of likely N-dealkylation sites (tertiary alicyclic amines) is 1. The molecule has 1 heterocycles. The molecule has 0 unspecified atom stereocenters. The van der Waals surface area contributed by atoms with Crippen LogP contribution in [0.2, 0.25) is 0 Å². The molecule has 1 fully saturated rings. The number of rotatable bonds is 4. The molecule has 2 rings (SSSR count). The van der Waals surface area contributed by atoms with Gasteiger partial charge in [-0.25, -0.2) is 0 Å². The predicted molar refractivity (Wildman–Crippen MR) is 77.8 cm³/mol. The molecule has 0 aliphatic carbocycles. The summed E-state index contributed by atoms with van der Waals surface area (Å²) in [5.41, 5.74) is 1.66. The Morgan fingerprint density at radius 1 is 1.35 bits per heavy atom. The van der Waals surface area contributed by atoms with Gasteiger partial charge in [0.1, 0.15) is 0 Å². The Balaban J connectivity index is 1.73. The summed E-state index contributed by atoms with van der Waals surface area (Å²) in [6.45, 7) is 5.32. The second-order valence-electron chi connectivity index (χ2n) is 5.54. The van der Waals surface area contributed by atoms with Crippen molar-refractivity contribution < 1.29 is 4.79 Å². The molecule has 20 heavy (non-hydrogen) atoms. The summed E-state index contributed by atoms with van der Waals surface area (Å²) in [6, 6.07) is 9.38. The summed E-state index contributed by atoms with van der Waals surface area (Å²) < 4.78 is 0. The lowest BCUT2D eigenvalue weighted by Gasteiger charge is -2.29. The van der Waals surface area contributed by atoms with Crippen molar-refractivity contribution in [3.63, 3.8) is 0 Å². The molecular weight excluding hydrogens is 250 g/mol. The van der Waals surface area contributed by atoms with Crippen molar-refractivity contribution in [2.45, 2.75) is 26.3 Å². The van der Waals surface area contributed by atoms with Crippen LogP contribution in [0.4, 0.5) is 0 Å². The van der Waals surface area contributed by atoms with Crippen LogP contribution in [0.5, 0.6) is 0 Å². The predicted octanol–water partition coefficient (Wildman–Crippen LogP) is 1.91. The monoisotopic (exact) mass is 271 g/mol. The highest BCUT2D eigenvalue weighted by Gasteiger charge is 2.17. The second-order valence-corrected chi connectivity index (χ2v) is 5.54. The molecule has 0 bridgehead atoms. The van der Waals surface area contributed by atoms with Gasteiger partial charge in [-0.2, -0.15) is 5.26 Å². The molecule has 0 aromatic heterocycles. The number of hydrogen-bond acceptors (Lipinski definition) is 3. The number of amides is 1. The van der Waals surface area contributed by atoms with Crippen LogP contribution in [-0.2, 0) is 11.3 Å². The lowest BCUT2D eigenvalue weighted by Crippen LogP contribution is -2.41. The van der Waals surface area contributed by atoms with Crippen LogP contribution in [0.3, 0.4) is 0 Å². The smallest absolute Gasteiger partial charge is 0.234 e. The summed E-state index contributed by atoms with van der Waals surface area (Å²) in [6.07, 6.45) is 2.37. The third-order valence-corrected chi connectivity index (χ3v) is 3.82. The van der Waals surface area contributed by atoms with E-state index in [1.807, 2.05) is 12.1 Å². The van der Waals surface area contributed by atoms with Gasteiger partial charge < -0.3 is 5.32 Å². The van der Waals surface area contributed by atoms with Gasteiger partial charge in [0.25, 0.3) is 0 Å². The molecule has 1 amide bonds. The van der Waals surface area contributed by atoms with Crippen molar-refractivity contribution in [2.75, 3.05) is 19.6 Å². The summed E-state index contributed by atoms with van der Waals surface area (Å²) in [7, 11) is 0. The SMILES string of the molecule is CC1CCN(CC(=O)NCc2ccc(C#N)cc2)CC1. The Morgan fingerprint density at radius 3 is 2.60 bits per heavy atom. The zero-order valence-corrected chi connectivity index (χ0v) is 11.9. The number of nitrogens with zero attached hydrogens (tertiary/aromatic N) is 2. The second kappa shape index (κ2) is 7.06. The normalized spacial score (nSPS) is 16.6. The Kier molecular flexibility index (Phi) is 5.14. The van der Waals surface area contributed by atoms with Crippen LogP contribution in [0.15, 0.2) is 24.3 Å². The van der Waals surface area contributed by atoms with Crippen molar-refractivity contribution in [1.82, 2.24) is 10.2 Å². The molecule has 1 saturated heterocycles. The standard InChI is InChI=1S/C16H21N3O/c1-13-6-8-19(9-7-13)12-16(20)18-11-15-4-2-14(10-17)3-5-15/h2-5,13H,6-9,11-12H2,1H3,(H,18,20). The average molecular weight is 271 g/mol. The van der Waals surface area contributed by atoms with Gasteiger partial charge in [-0.05, 0) is 49.5 Å². The molecule has 0 saturated carbocycles. The minimum atomic E-state index is 0.0731. The Labute approximate surface area is 120 Å². The zero-order valence-electron chi connectivity index (χ0n) is 11.9. The third kappa shape index (κ3) is 4.36. The van der Waals surface area contributed by atoms with Gasteiger partial charge in [0.15, 0.2) is 0 Å². The van der Waals surface area contributed by atoms with Crippen molar-refractivity contribution >= 4 is 5.91 Å². The summed E-state index contributed by atoms with van der Waals surface area (Å²) in [4.78, 5) is 14.1. The van der Waals surface area contributed by atoms with Crippen LogP contribution < -0.4 is 5.32 Å². The van der Waals surface area contributed by atoms with E-state index in [0.717, 1.165) is 24.6 Å². The molecule has 1 aromatic rings. The topological polar surface area (TPSA) is 56.1 Å². The van der Waals surface area contributed by atoms with Gasteiger partial charge in [-0.3, -0.25) is 9.69 Å². The molecule has 1 aliphatic rings. The first-order chi connectivity index (χ1) is 9.67. The summed E-state index contributed by atoms with van der Waals surface area (Å²) in [5, 5.41) is 11.7. The van der Waals surface area contributed by atoms with Gasteiger partial charge >= 0.3 is 0 Å². The Bertz CT molecular complexity index is 481. The molecule has 1 aliphatic heterocycles. The van der Waals surface area contributed by atoms with Crippen LogP contribution >= 0.6 is 0 Å². The lowest BCUT2D eigenvalue weighted by molar-refractivity contribution is -0.122. The maximum Gasteiger partial charge on any atom is 0.234 e. The van der Waals surface area contributed by atoms with Gasteiger partial charge in [-0.15, -0.1) is 0 Å². The van der Waals surface area contributed by atoms with E-state index in [2.05, 4.69) is 23.2 Å². The Morgan fingerprint density at radius 2 is 2.00 bits per heavy atom. The van der Waals surface area contributed by atoms with E-state index < -0.39 is 0 Å². The molecular formula is C16H21N3O. The molecule has 4 nitrogen and oxygen atoms in total. The average Bonchev–Trinajstić information content (AvgIpc) is 2.48. The van der Waals surface area contributed by atoms with Crippen LogP contribution in [0.1, 0.15) is 30.9 Å². The highest BCUT2D eigenvalue weighted by Crippen LogP contribution is 2.15.